The smallest absolute Gasteiger partial charge is 0.254 e. The molecule has 1 heterocycles. The van der Waals surface area contributed by atoms with E-state index in [2.05, 4.69) is 16.0 Å². The first-order valence-electron chi connectivity index (χ1n) is 9.70. The molecule has 0 aromatic heterocycles. The van der Waals surface area contributed by atoms with Crippen molar-refractivity contribution in [3.8, 4) is 11.5 Å². The van der Waals surface area contributed by atoms with Crippen molar-refractivity contribution in [1.82, 2.24) is 10.6 Å². The van der Waals surface area contributed by atoms with Crippen LogP contribution in [0.1, 0.15) is 28.8 Å². The van der Waals surface area contributed by atoms with Gasteiger partial charge < -0.3 is 25.4 Å². The van der Waals surface area contributed by atoms with Crippen molar-refractivity contribution >= 4 is 23.4 Å². The second-order valence-corrected chi connectivity index (χ2v) is 6.89. The van der Waals surface area contributed by atoms with Crippen molar-refractivity contribution in [3.05, 3.63) is 53.6 Å². The van der Waals surface area contributed by atoms with Crippen molar-refractivity contribution in [2.75, 3.05) is 26.1 Å². The number of nitrogens with one attached hydrogen (secondary N) is 3. The second-order valence-electron chi connectivity index (χ2n) is 6.89. The predicted octanol–water partition coefficient (Wildman–Crippen LogP) is 1.89. The summed E-state index contributed by atoms with van der Waals surface area (Å²) in [6.45, 7) is 0.447. The zero-order valence-electron chi connectivity index (χ0n) is 17.0. The van der Waals surface area contributed by atoms with Gasteiger partial charge in [-0.15, -0.1) is 0 Å². The zero-order valence-corrected chi connectivity index (χ0v) is 17.0. The lowest BCUT2D eigenvalue weighted by atomic mass is 10.1. The van der Waals surface area contributed by atoms with E-state index in [0.29, 0.717) is 35.7 Å². The molecule has 0 spiro atoms. The quantitative estimate of drug-likeness (QED) is 0.615. The van der Waals surface area contributed by atoms with Crippen LogP contribution in [0.3, 0.4) is 0 Å². The molecule has 3 N–H and O–H groups in total. The van der Waals surface area contributed by atoms with E-state index < -0.39 is 6.04 Å². The van der Waals surface area contributed by atoms with Gasteiger partial charge in [-0.3, -0.25) is 14.4 Å². The molecule has 0 saturated carbocycles. The van der Waals surface area contributed by atoms with Crippen LogP contribution in [-0.2, 0) is 16.0 Å². The van der Waals surface area contributed by atoms with Gasteiger partial charge in [0.25, 0.3) is 5.91 Å². The van der Waals surface area contributed by atoms with Crippen molar-refractivity contribution in [3.63, 3.8) is 0 Å². The fourth-order valence-electron chi connectivity index (χ4n) is 3.26. The number of ether oxygens (including phenoxy) is 2. The van der Waals surface area contributed by atoms with E-state index in [4.69, 9.17) is 9.47 Å². The highest BCUT2D eigenvalue weighted by Gasteiger charge is 2.27. The normalized spacial score (nSPS) is 15.3. The summed E-state index contributed by atoms with van der Waals surface area (Å²) in [6.07, 6.45) is 0.969. The Bertz CT molecular complexity index is 944. The second kappa shape index (κ2) is 9.78. The number of carbonyl (C=O) groups is 3. The van der Waals surface area contributed by atoms with Crippen LogP contribution < -0.4 is 25.4 Å². The molecular weight excluding hydrogens is 386 g/mol. The Hall–Kier alpha value is -3.55. The van der Waals surface area contributed by atoms with Crippen molar-refractivity contribution in [2.45, 2.75) is 25.3 Å². The van der Waals surface area contributed by atoms with Gasteiger partial charge in [-0.2, -0.15) is 0 Å². The summed E-state index contributed by atoms with van der Waals surface area (Å²) in [4.78, 5) is 36.9. The van der Waals surface area contributed by atoms with Crippen molar-refractivity contribution in [2.24, 2.45) is 0 Å². The highest BCUT2D eigenvalue weighted by molar-refractivity contribution is 6.09. The summed E-state index contributed by atoms with van der Waals surface area (Å²) in [6, 6.07) is 11.6. The molecule has 0 radical (unpaired) electrons. The van der Waals surface area contributed by atoms with Gasteiger partial charge in [-0.05, 0) is 42.7 Å². The van der Waals surface area contributed by atoms with Crippen LogP contribution in [0.25, 0.3) is 0 Å². The maximum Gasteiger partial charge on any atom is 0.254 e. The molecular formula is C22H25N3O5. The molecule has 0 saturated heterocycles. The molecule has 0 unspecified atom stereocenters. The third-order valence-electron chi connectivity index (χ3n) is 4.90. The molecule has 30 heavy (non-hydrogen) atoms. The van der Waals surface area contributed by atoms with Gasteiger partial charge in [0.15, 0.2) is 11.5 Å². The standard InChI is InChI=1S/C22H25N3O5/c1-29-18-9-7-14(13-19(18)30-2)11-12-23-20(26)10-8-17-22(28)24-16-6-4-3-5-15(16)21(27)25-17/h3-7,9,13,17H,8,10-12H2,1-2H3,(H,23,26)(H,24,28)(H,25,27)/t17-/m1/s1. The molecule has 2 aromatic rings. The molecule has 158 valence electrons. The molecule has 2 aromatic carbocycles. The van der Waals surface area contributed by atoms with Crippen LogP contribution in [0.5, 0.6) is 11.5 Å². The van der Waals surface area contributed by atoms with Gasteiger partial charge in [0.05, 0.1) is 25.5 Å². The lowest BCUT2D eigenvalue weighted by Gasteiger charge is -2.14. The summed E-state index contributed by atoms with van der Waals surface area (Å²) in [5, 5.41) is 8.26. The number of benzene rings is 2. The number of hydrogen-bond donors (Lipinski definition) is 3. The Kier molecular flexibility index (Phi) is 6.90. The van der Waals surface area contributed by atoms with E-state index in [1.165, 1.54) is 0 Å². The number of methoxy groups -OCH3 is 2. The molecule has 0 bridgehead atoms. The van der Waals surface area contributed by atoms with E-state index in [1.807, 2.05) is 18.2 Å². The zero-order chi connectivity index (χ0) is 21.5. The van der Waals surface area contributed by atoms with E-state index in [-0.39, 0.29) is 30.6 Å². The number of amides is 3. The first-order valence-corrected chi connectivity index (χ1v) is 9.70. The largest absolute Gasteiger partial charge is 0.493 e. The Morgan fingerprint density at radius 2 is 1.83 bits per heavy atom. The van der Waals surface area contributed by atoms with Gasteiger partial charge in [-0.25, -0.2) is 0 Å². The first-order chi connectivity index (χ1) is 14.5. The minimum absolute atomic E-state index is 0.126. The van der Waals surface area contributed by atoms with E-state index >= 15 is 0 Å². The maximum atomic E-state index is 12.4. The average molecular weight is 411 g/mol. The van der Waals surface area contributed by atoms with E-state index in [0.717, 1.165) is 5.56 Å². The summed E-state index contributed by atoms with van der Waals surface area (Å²) >= 11 is 0. The minimum atomic E-state index is -0.763. The van der Waals surface area contributed by atoms with Crippen molar-refractivity contribution < 1.29 is 23.9 Å². The van der Waals surface area contributed by atoms with Crippen LogP contribution in [0.15, 0.2) is 42.5 Å². The maximum absolute atomic E-state index is 12.4. The molecule has 1 atom stereocenters. The highest BCUT2D eigenvalue weighted by Crippen LogP contribution is 2.27. The number of anilines is 1. The molecule has 0 fully saturated rings. The van der Waals surface area contributed by atoms with E-state index in [9.17, 15) is 14.4 Å². The lowest BCUT2D eigenvalue weighted by Crippen LogP contribution is -2.42. The van der Waals surface area contributed by atoms with Gasteiger partial charge in [0, 0.05) is 13.0 Å². The van der Waals surface area contributed by atoms with Gasteiger partial charge in [0.2, 0.25) is 11.8 Å². The predicted molar refractivity (Wildman–Crippen MR) is 112 cm³/mol. The SMILES string of the molecule is COc1ccc(CCNC(=O)CC[C@H]2NC(=O)c3ccccc3NC2=O)cc1OC. The van der Waals surface area contributed by atoms with Crippen LogP contribution in [0.2, 0.25) is 0 Å². The minimum Gasteiger partial charge on any atom is -0.493 e. The number of para-hydroxylation sites is 1. The molecule has 3 rings (SSSR count). The summed E-state index contributed by atoms with van der Waals surface area (Å²) in [7, 11) is 3.15. The highest BCUT2D eigenvalue weighted by atomic mass is 16.5. The average Bonchev–Trinajstić information content (AvgIpc) is 2.88. The Morgan fingerprint density at radius 3 is 2.60 bits per heavy atom. The lowest BCUT2D eigenvalue weighted by molar-refractivity contribution is -0.121. The summed E-state index contributed by atoms with van der Waals surface area (Å²) < 4.78 is 10.5. The van der Waals surface area contributed by atoms with Crippen molar-refractivity contribution in [1.29, 1.82) is 0 Å². The fraction of sp³-hybridized carbons (Fsp3) is 0.318. The first kappa shape index (κ1) is 21.2. The van der Waals surface area contributed by atoms with Gasteiger partial charge in [-0.1, -0.05) is 18.2 Å². The van der Waals surface area contributed by atoms with Crippen LogP contribution in [-0.4, -0.2) is 44.5 Å². The number of rotatable bonds is 8. The fourth-order valence-corrected chi connectivity index (χ4v) is 3.26. The molecule has 0 aliphatic carbocycles. The molecule has 8 nitrogen and oxygen atoms in total. The monoisotopic (exact) mass is 411 g/mol. The summed E-state index contributed by atoms with van der Waals surface area (Å²) in [5.41, 5.74) is 1.88. The Labute approximate surface area is 174 Å². The third-order valence-corrected chi connectivity index (χ3v) is 4.90. The number of hydrogen-bond acceptors (Lipinski definition) is 5. The van der Waals surface area contributed by atoms with E-state index in [1.54, 1.807) is 38.5 Å². The van der Waals surface area contributed by atoms with Gasteiger partial charge in [0.1, 0.15) is 6.04 Å². The molecule has 3 amide bonds. The number of carbonyl (C=O) groups excluding carboxylic acids is 3. The number of fused-ring (bicyclic) bond motifs is 1. The summed E-state index contributed by atoms with van der Waals surface area (Å²) in [5.74, 6) is 0.446. The van der Waals surface area contributed by atoms with Crippen LogP contribution in [0, 0.1) is 0 Å². The van der Waals surface area contributed by atoms with Gasteiger partial charge >= 0.3 is 0 Å². The van der Waals surface area contributed by atoms with Crippen LogP contribution >= 0.6 is 0 Å². The molecule has 1 aliphatic rings. The Balaban J connectivity index is 1.47. The molecule has 1 aliphatic heterocycles. The van der Waals surface area contributed by atoms with Crippen LogP contribution in [0.4, 0.5) is 5.69 Å². The third kappa shape index (κ3) is 5.08. The molecule has 8 heteroatoms. The Morgan fingerprint density at radius 1 is 1.07 bits per heavy atom. The topological polar surface area (TPSA) is 106 Å².